The molecule has 2 rings (SSSR count). The van der Waals surface area contributed by atoms with Gasteiger partial charge in [0.05, 0.1) is 17.7 Å². The molecule has 2 aromatic rings. The fourth-order valence-electron chi connectivity index (χ4n) is 2.27. The van der Waals surface area contributed by atoms with E-state index in [-0.39, 0.29) is 12.6 Å². The number of thiazole rings is 1. The molecule has 0 radical (unpaired) electrons. The number of aliphatic hydroxyl groups is 1. The number of hydrogen-bond donors (Lipinski definition) is 3. The van der Waals surface area contributed by atoms with Gasteiger partial charge >= 0.3 is 6.03 Å². The lowest BCUT2D eigenvalue weighted by Crippen LogP contribution is -2.39. The van der Waals surface area contributed by atoms with Crippen LogP contribution >= 0.6 is 11.3 Å². The van der Waals surface area contributed by atoms with E-state index >= 15 is 0 Å². The van der Waals surface area contributed by atoms with Crippen molar-refractivity contribution in [1.82, 2.24) is 15.6 Å². The molecule has 0 saturated heterocycles. The Balaban J connectivity index is 1.67. The van der Waals surface area contributed by atoms with E-state index < -0.39 is 6.10 Å². The number of aliphatic hydroxyl groups excluding tert-OH is 1. The molecule has 0 aliphatic carbocycles. The molecular weight excluding hydrogens is 322 g/mol. The minimum absolute atomic E-state index is 0.224. The number of hydrogen-bond acceptors (Lipinski definition) is 4. The van der Waals surface area contributed by atoms with Crippen LogP contribution in [0.5, 0.6) is 0 Å². The summed E-state index contributed by atoms with van der Waals surface area (Å²) >= 11 is 1.63. The third-order valence-electron chi connectivity index (χ3n) is 3.42. The summed E-state index contributed by atoms with van der Waals surface area (Å²) in [4.78, 5) is 17.2. The van der Waals surface area contributed by atoms with Gasteiger partial charge in [-0.3, -0.25) is 0 Å². The maximum absolute atomic E-state index is 11.8. The van der Waals surface area contributed by atoms with Crippen LogP contribution in [0.1, 0.15) is 29.3 Å². The minimum Gasteiger partial charge on any atom is -0.391 e. The van der Waals surface area contributed by atoms with E-state index in [1.807, 2.05) is 36.5 Å². The van der Waals surface area contributed by atoms with Crippen molar-refractivity contribution in [3.05, 3.63) is 52.0 Å². The van der Waals surface area contributed by atoms with Gasteiger partial charge in [-0.15, -0.1) is 11.3 Å². The Bertz CT molecular complexity index is 628. The van der Waals surface area contributed by atoms with Gasteiger partial charge in [0.1, 0.15) is 0 Å². The van der Waals surface area contributed by atoms with Crippen LogP contribution in [0.15, 0.2) is 36.5 Å². The number of carbonyl (C=O) groups is 1. The highest BCUT2D eigenvalue weighted by Gasteiger charge is 2.09. The lowest BCUT2D eigenvalue weighted by atomic mass is 10.1. The molecule has 0 aliphatic rings. The van der Waals surface area contributed by atoms with Crippen LogP contribution in [0.3, 0.4) is 0 Å². The average Bonchev–Trinajstić information content (AvgIpc) is 2.98. The molecule has 24 heavy (non-hydrogen) atoms. The van der Waals surface area contributed by atoms with Gasteiger partial charge in [0, 0.05) is 30.5 Å². The van der Waals surface area contributed by atoms with E-state index in [1.165, 1.54) is 0 Å². The average molecular weight is 347 g/mol. The predicted octanol–water partition coefficient (Wildman–Crippen LogP) is 2.74. The highest BCUT2D eigenvalue weighted by Crippen LogP contribution is 2.16. The molecule has 0 fully saturated rings. The standard InChI is InChI=1S/C18H25N3O2S/c1-13(2)8-17-19-11-16(24-17)12-21-18(23)20-10-15(22)9-14-6-4-3-5-7-14/h3-7,11,13,15,22H,8-10,12H2,1-2H3,(H2,20,21,23). The first-order chi connectivity index (χ1) is 11.5. The normalized spacial score (nSPS) is 12.2. The Labute approximate surface area is 147 Å². The van der Waals surface area contributed by atoms with Crippen LogP contribution in [0, 0.1) is 5.92 Å². The summed E-state index contributed by atoms with van der Waals surface area (Å²) in [5.41, 5.74) is 1.05. The maximum Gasteiger partial charge on any atom is 0.315 e. The summed E-state index contributed by atoms with van der Waals surface area (Å²) in [5, 5.41) is 16.6. The molecule has 130 valence electrons. The second-order valence-corrected chi connectivity index (χ2v) is 7.43. The van der Waals surface area contributed by atoms with Crippen molar-refractivity contribution in [3.63, 3.8) is 0 Å². The van der Waals surface area contributed by atoms with Gasteiger partial charge in [0.25, 0.3) is 0 Å². The van der Waals surface area contributed by atoms with Gasteiger partial charge in [-0.1, -0.05) is 44.2 Å². The van der Waals surface area contributed by atoms with Gasteiger partial charge in [-0.2, -0.15) is 0 Å². The van der Waals surface area contributed by atoms with Crippen molar-refractivity contribution in [2.45, 2.75) is 39.3 Å². The van der Waals surface area contributed by atoms with Crippen LogP contribution in [-0.4, -0.2) is 28.8 Å². The second-order valence-electron chi connectivity index (χ2n) is 6.23. The Hall–Kier alpha value is -1.92. The summed E-state index contributed by atoms with van der Waals surface area (Å²) in [6, 6.07) is 9.45. The number of aromatic nitrogens is 1. The smallest absolute Gasteiger partial charge is 0.315 e. The van der Waals surface area contributed by atoms with E-state index in [0.717, 1.165) is 21.9 Å². The Morgan fingerprint density at radius 2 is 1.96 bits per heavy atom. The van der Waals surface area contributed by atoms with Gasteiger partial charge in [0.2, 0.25) is 0 Å². The number of nitrogens with one attached hydrogen (secondary N) is 2. The van der Waals surface area contributed by atoms with E-state index in [0.29, 0.717) is 18.9 Å². The predicted molar refractivity (Wildman–Crippen MR) is 97.0 cm³/mol. The Morgan fingerprint density at radius 1 is 1.21 bits per heavy atom. The molecule has 1 atom stereocenters. The van der Waals surface area contributed by atoms with Crippen molar-refractivity contribution >= 4 is 17.4 Å². The first-order valence-electron chi connectivity index (χ1n) is 8.20. The number of carbonyl (C=O) groups excluding carboxylic acids is 1. The number of rotatable bonds is 8. The summed E-state index contributed by atoms with van der Waals surface area (Å²) in [5.74, 6) is 0.575. The zero-order valence-corrected chi connectivity index (χ0v) is 15.0. The van der Waals surface area contributed by atoms with Crippen molar-refractivity contribution < 1.29 is 9.90 Å². The van der Waals surface area contributed by atoms with Crippen molar-refractivity contribution in [3.8, 4) is 0 Å². The molecule has 1 aromatic heterocycles. The lowest BCUT2D eigenvalue weighted by molar-refractivity contribution is 0.170. The van der Waals surface area contributed by atoms with Gasteiger partial charge < -0.3 is 15.7 Å². The van der Waals surface area contributed by atoms with E-state index in [9.17, 15) is 9.90 Å². The molecule has 1 aromatic carbocycles. The Morgan fingerprint density at radius 3 is 2.67 bits per heavy atom. The fraction of sp³-hybridized carbons (Fsp3) is 0.444. The molecule has 0 aliphatic heterocycles. The molecular formula is C18H25N3O2S. The SMILES string of the molecule is CC(C)Cc1ncc(CNC(=O)NCC(O)Cc2ccccc2)s1. The van der Waals surface area contributed by atoms with E-state index in [4.69, 9.17) is 0 Å². The first-order valence-corrected chi connectivity index (χ1v) is 9.02. The number of amides is 2. The molecule has 2 amide bonds. The van der Waals surface area contributed by atoms with Crippen LogP contribution in [-0.2, 0) is 19.4 Å². The zero-order chi connectivity index (χ0) is 17.4. The fourth-order valence-corrected chi connectivity index (χ4v) is 3.35. The van der Waals surface area contributed by atoms with Crippen molar-refractivity contribution in [2.75, 3.05) is 6.54 Å². The lowest BCUT2D eigenvalue weighted by Gasteiger charge is -2.12. The largest absolute Gasteiger partial charge is 0.391 e. The highest BCUT2D eigenvalue weighted by atomic mass is 32.1. The second kappa shape index (κ2) is 9.39. The monoisotopic (exact) mass is 347 g/mol. The summed E-state index contributed by atoms with van der Waals surface area (Å²) < 4.78 is 0. The summed E-state index contributed by atoms with van der Waals surface area (Å²) in [6.07, 6.45) is 2.70. The maximum atomic E-state index is 11.8. The third-order valence-corrected chi connectivity index (χ3v) is 4.44. The number of urea groups is 1. The molecule has 6 heteroatoms. The van der Waals surface area contributed by atoms with Crippen molar-refractivity contribution in [2.24, 2.45) is 5.92 Å². The quantitative estimate of drug-likeness (QED) is 0.687. The van der Waals surface area contributed by atoms with Gasteiger partial charge in [-0.25, -0.2) is 9.78 Å². The van der Waals surface area contributed by atoms with Gasteiger partial charge in [-0.05, 0) is 11.5 Å². The molecule has 5 nitrogen and oxygen atoms in total. The zero-order valence-electron chi connectivity index (χ0n) is 14.2. The van der Waals surface area contributed by atoms with Gasteiger partial charge in [0.15, 0.2) is 0 Å². The third kappa shape index (κ3) is 6.68. The molecule has 1 heterocycles. The van der Waals surface area contributed by atoms with Crippen LogP contribution in [0.25, 0.3) is 0 Å². The summed E-state index contributed by atoms with van der Waals surface area (Å²) in [6.45, 7) is 5.00. The minimum atomic E-state index is -0.598. The topological polar surface area (TPSA) is 74.2 Å². The summed E-state index contributed by atoms with van der Waals surface area (Å²) in [7, 11) is 0. The van der Waals surface area contributed by atoms with Crippen LogP contribution in [0.4, 0.5) is 4.79 Å². The number of nitrogens with zero attached hydrogens (tertiary/aromatic N) is 1. The highest BCUT2D eigenvalue weighted by molar-refractivity contribution is 7.11. The first kappa shape index (κ1) is 18.4. The molecule has 0 spiro atoms. The van der Waals surface area contributed by atoms with E-state index in [1.54, 1.807) is 11.3 Å². The van der Waals surface area contributed by atoms with Crippen LogP contribution < -0.4 is 10.6 Å². The molecule has 1 unspecified atom stereocenters. The molecule has 3 N–H and O–H groups in total. The van der Waals surface area contributed by atoms with Crippen LogP contribution in [0.2, 0.25) is 0 Å². The molecule has 0 bridgehead atoms. The van der Waals surface area contributed by atoms with Crippen molar-refractivity contribution in [1.29, 1.82) is 0 Å². The Kier molecular flexibility index (Phi) is 7.21. The number of benzene rings is 1. The van der Waals surface area contributed by atoms with E-state index in [2.05, 4.69) is 29.5 Å². The molecule has 0 saturated carbocycles.